The van der Waals surface area contributed by atoms with Crippen LogP contribution in [-0.2, 0) is 31.8 Å². The summed E-state index contributed by atoms with van der Waals surface area (Å²) in [5.41, 5.74) is -3.10. The summed E-state index contributed by atoms with van der Waals surface area (Å²) in [4.78, 5) is 2.93. The monoisotopic (exact) mass is 448 g/mol. The summed E-state index contributed by atoms with van der Waals surface area (Å²) in [5, 5.41) is 10.5. The third-order valence-corrected chi connectivity index (χ3v) is 7.31. The Morgan fingerprint density at radius 3 is 2.41 bits per heavy atom. The summed E-state index contributed by atoms with van der Waals surface area (Å²) >= 11 is 0. The van der Waals surface area contributed by atoms with Crippen molar-refractivity contribution in [2.75, 3.05) is 17.6 Å². The number of pyridine rings is 1. The minimum atomic E-state index is -5.11. The number of halogens is 3. The summed E-state index contributed by atoms with van der Waals surface area (Å²) in [5.74, 6) is -1.57. The Bertz CT molecular complexity index is 1240. The van der Waals surface area contributed by atoms with Gasteiger partial charge in [0, 0.05) is 18.8 Å². The molecule has 3 rings (SSSR count). The molecule has 1 N–H and O–H groups in total. The number of rotatable bonds is 3. The van der Waals surface area contributed by atoms with Crippen LogP contribution in [-0.4, -0.2) is 40.2 Å². The van der Waals surface area contributed by atoms with Gasteiger partial charge in [0.15, 0.2) is 15.6 Å². The summed E-state index contributed by atoms with van der Waals surface area (Å²) in [6.07, 6.45) is -3.13. The zero-order valence-electron chi connectivity index (χ0n) is 15.1. The van der Waals surface area contributed by atoms with Crippen molar-refractivity contribution in [3.05, 3.63) is 58.9 Å². The molecule has 2 aromatic rings. The number of fused-ring (bicyclic) bond motifs is 1. The van der Waals surface area contributed by atoms with Gasteiger partial charge in [0.05, 0.1) is 23.3 Å². The van der Waals surface area contributed by atoms with Gasteiger partial charge in [0.25, 0.3) is 0 Å². The van der Waals surface area contributed by atoms with Crippen LogP contribution >= 0.6 is 0 Å². The Labute approximate surface area is 165 Å². The second-order valence-corrected chi connectivity index (χ2v) is 10.3. The van der Waals surface area contributed by atoms with E-state index in [1.54, 1.807) is 0 Å². The van der Waals surface area contributed by atoms with E-state index in [2.05, 4.69) is 4.98 Å². The lowest BCUT2D eigenvalue weighted by Gasteiger charge is -2.26. The highest BCUT2D eigenvalue weighted by molar-refractivity contribution is 8.00. The van der Waals surface area contributed by atoms with E-state index in [9.17, 15) is 35.1 Å². The Balaban J connectivity index is 2.43. The predicted molar refractivity (Wildman–Crippen MR) is 101 cm³/mol. The molecule has 0 aliphatic carbocycles. The van der Waals surface area contributed by atoms with Gasteiger partial charge in [-0.15, -0.1) is 0 Å². The van der Waals surface area contributed by atoms with E-state index < -0.39 is 59.3 Å². The molecule has 0 unspecified atom stereocenters. The van der Waals surface area contributed by atoms with E-state index in [4.69, 9.17) is 0 Å². The highest BCUT2D eigenvalue weighted by Crippen LogP contribution is 2.46. The number of aromatic nitrogens is 1. The number of hydrogen-bond donors (Lipinski definition) is 1. The van der Waals surface area contributed by atoms with Gasteiger partial charge in [-0.3, -0.25) is 9.29 Å². The summed E-state index contributed by atoms with van der Waals surface area (Å²) < 4.78 is 91.4. The molecule has 0 saturated carbocycles. The molecule has 0 saturated heterocycles. The molecule has 0 radical (unpaired) electrons. The van der Waals surface area contributed by atoms with Gasteiger partial charge < -0.3 is 5.11 Å². The van der Waals surface area contributed by atoms with Crippen LogP contribution in [0.15, 0.2) is 36.5 Å². The third kappa shape index (κ3) is 3.69. The number of anilines is 1. The lowest BCUT2D eigenvalue weighted by molar-refractivity contribution is -0.137. The van der Waals surface area contributed by atoms with Gasteiger partial charge in [-0.1, -0.05) is 18.2 Å². The maximum absolute atomic E-state index is 14.0. The molecule has 156 valence electrons. The molecule has 1 aromatic heterocycles. The molecule has 0 atom stereocenters. The first kappa shape index (κ1) is 21.1. The zero-order chi connectivity index (χ0) is 21.8. The van der Waals surface area contributed by atoms with Crippen molar-refractivity contribution in [3.8, 4) is 0 Å². The number of nitrogens with zero attached hydrogens (tertiary/aromatic N) is 2. The van der Waals surface area contributed by atoms with Crippen molar-refractivity contribution < 1.29 is 35.1 Å². The Kier molecular flexibility index (Phi) is 4.90. The van der Waals surface area contributed by atoms with E-state index in [0.29, 0.717) is 10.6 Å². The van der Waals surface area contributed by atoms with Crippen LogP contribution in [0, 0.1) is 0 Å². The fraction of sp³-hybridized carbons (Fsp3) is 0.235. The van der Waals surface area contributed by atoms with Gasteiger partial charge in [-0.2, -0.15) is 13.2 Å². The fourth-order valence-electron chi connectivity index (χ4n) is 3.06. The van der Waals surface area contributed by atoms with Gasteiger partial charge in [0.1, 0.15) is 10.6 Å². The van der Waals surface area contributed by atoms with Crippen molar-refractivity contribution in [1.29, 1.82) is 0 Å². The van der Waals surface area contributed by atoms with Gasteiger partial charge >= 0.3 is 6.18 Å². The van der Waals surface area contributed by atoms with E-state index in [1.807, 2.05) is 0 Å². The van der Waals surface area contributed by atoms with Crippen LogP contribution in [0.1, 0.15) is 22.4 Å². The fourth-order valence-corrected chi connectivity index (χ4v) is 5.26. The van der Waals surface area contributed by atoms with Crippen LogP contribution < -0.4 is 4.31 Å². The zero-order valence-corrected chi connectivity index (χ0v) is 16.7. The highest BCUT2D eigenvalue weighted by Gasteiger charge is 2.43. The number of alkyl halides is 3. The van der Waals surface area contributed by atoms with E-state index in [1.165, 1.54) is 18.3 Å². The second kappa shape index (κ2) is 6.73. The van der Waals surface area contributed by atoms with Gasteiger partial charge in [-0.25, -0.2) is 16.8 Å². The largest absolute Gasteiger partial charge is 0.504 e. The Hall–Kier alpha value is -2.60. The average molecular weight is 448 g/mol. The molecule has 1 aliphatic heterocycles. The summed E-state index contributed by atoms with van der Waals surface area (Å²) in [7, 11) is -7.54. The quantitative estimate of drug-likeness (QED) is 0.774. The number of aliphatic hydroxyl groups is 1. The maximum atomic E-state index is 14.0. The SMILES string of the molecule is CN(c1cccc(C2=C(O)c3ncccc3CS2(=O)=O)c1C(F)(F)F)S(C)(=O)=O. The minimum Gasteiger partial charge on any atom is -0.504 e. The van der Waals surface area contributed by atoms with Crippen LogP contribution in [0.3, 0.4) is 0 Å². The van der Waals surface area contributed by atoms with Crippen molar-refractivity contribution in [3.63, 3.8) is 0 Å². The molecular formula is C17H15F3N2O5S2. The lowest BCUT2D eigenvalue weighted by Crippen LogP contribution is -2.28. The third-order valence-electron chi connectivity index (χ3n) is 4.39. The number of aliphatic hydroxyl groups excluding tert-OH is 1. The van der Waals surface area contributed by atoms with Crippen molar-refractivity contribution in [1.82, 2.24) is 4.98 Å². The first-order valence-corrected chi connectivity index (χ1v) is 11.5. The summed E-state index contributed by atoms with van der Waals surface area (Å²) in [6, 6.07) is 5.71. The minimum absolute atomic E-state index is 0.145. The first-order valence-electron chi connectivity index (χ1n) is 8.00. The maximum Gasteiger partial charge on any atom is 0.419 e. The van der Waals surface area contributed by atoms with Crippen LogP contribution in [0.2, 0.25) is 0 Å². The normalized spacial score (nSPS) is 16.4. The number of benzene rings is 1. The molecule has 1 aromatic carbocycles. The van der Waals surface area contributed by atoms with Crippen molar-refractivity contribution in [2.24, 2.45) is 0 Å². The van der Waals surface area contributed by atoms with E-state index in [-0.39, 0.29) is 11.3 Å². The van der Waals surface area contributed by atoms with Crippen LogP contribution in [0.4, 0.5) is 18.9 Å². The first-order chi connectivity index (χ1) is 13.2. The van der Waals surface area contributed by atoms with E-state index >= 15 is 0 Å². The van der Waals surface area contributed by atoms with Gasteiger partial charge in [-0.05, 0) is 17.7 Å². The second-order valence-electron chi connectivity index (χ2n) is 6.38. The molecule has 0 fully saturated rings. The topological polar surface area (TPSA) is 105 Å². The molecule has 7 nitrogen and oxygen atoms in total. The van der Waals surface area contributed by atoms with Crippen molar-refractivity contribution in [2.45, 2.75) is 11.9 Å². The Morgan fingerprint density at radius 2 is 1.83 bits per heavy atom. The van der Waals surface area contributed by atoms with Crippen molar-refractivity contribution >= 4 is 36.2 Å². The smallest absolute Gasteiger partial charge is 0.419 e. The molecule has 2 heterocycles. The molecule has 0 amide bonds. The number of hydrogen-bond acceptors (Lipinski definition) is 6. The molecular weight excluding hydrogens is 433 g/mol. The highest BCUT2D eigenvalue weighted by atomic mass is 32.2. The van der Waals surface area contributed by atoms with Gasteiger partial charge in [0.2, 0.25) is 10.0 Å². The lowest BCUT2D eigenvalue weighted by atomic mass is 10.0. The predicted octanol–water partition coefficient (Wildman–Crippen LogP) is 2.81. The molecule has 0 spiro atoms. The number of sulfone groups is 1. The summed E-state index contributed by atoms with van der Waals surface area (Å²) in [6.45, 7) is 0. The Morgan fingerprint density at radius 1 is 1.17 bits per heavy atom. The molecule has 1 aliphatic rings. The molecule has 29 heavy (non-hydrogen) atoms. The number of sulfonamides is 1. The average Bonchev–Trinajstić information content (AvgIpc) is 2.58. The van der Waals surface area contributed by atoms with Crippen LogP contribution in [0.5, 0.6) is 0 Å². The molecule has 12 heteroatoms. The molecule has 0 bridgehead atoms. The van der Waals surface area contributed by atoms with E-state index in [0.717, 1.165) is 25.2 Å². The van der Waals surface area contributed by atoms with Crippen LogP contribution in [0.25, 0.3) is 10.7 Å². The standard InChI is InChI=1S/C17H15F3N2O5S2/c1-22(28(2,24)25)12-7-3-6-11(13(12)17(18,19)20)16-15(23)14-10(5-4-8-21-14)9-29(16,26)27/h3-8,23H,9H2,1-2H3.